The summed E-state index contributed by atoms with van der Waals surface area (Å²) in [5.41, 5.74) is 2.50. The summed E-state index contributed by atoms with van der Waals surface area (Å²) in [6.45, 7) is 3.20. The van der Waals surface area contributed by atoms with Gasteiger partial charge in [0.15, 0.2) is 0 Å². The fourth-order valence-electron chi connectivity index (χ4n) is 2.83. The third-order valence-electron chi connectivity index (χ3n) is 4.43. The van der Waals surface area contributed by atoms with E-state index < -0.39 is 10.0 Å². The quantitative estimate of drug-likeness (QED) is 0.702. The Balaban J connectivity index is 1.98. The summed E-state index contributed by atoms with van der Waals surface area (Å²) < 4.78 is 25.8. The highest BCUT2D eigenvalue weighted by atomic mass is 32.2. The maximum absolute atomic E-state index is 12.7. The minimum absolute atomic E-state index is 0.0538. The summed E-state index contributed by atoms with van der Waals surface area (Å²) in [6, 6.07) is 15.9. The molecule has 0 saturated carbocycles. The molecule has 0 unspecified atom stereocenters. The van der Waals surface area contributed by atoms with E-state index in [1.165, 1.54) is 7.05 Å². The summed E-state index contributed by atoms with van der Waals surface area (Å²) >= 11 is 0. The molecule has 28 heavy (non-hydrogen) atoms. The van der Waals surface area contributed by atoms with Gasteiger partial charge in [0.2, 0.25) is 15.9 Å². The van der Waals surface area contributed by atoms with Gasteiger partial charge in [0.25, 0.3) is 0 Å². The lowest BCUT2D eigenvalue weighted by molar-refractivity contribution is -0.131. The summed E-state index contributed by atoms with van der Waals surface area (Å²) in [7, 11) is -2.08. The number of nitrogens with zero attached hydrogens (tertiary/aromatic N) is 2. The van der Waals surface area contributed by atoms with Crippen molar-refractivity contribution in [3.05, 3.63) is 65.2 Å². The molecule has 2 aromatic rings. The van der Waals surface area contributed by atoms with Crippen LogP contribution in [0.4, 0.5) is 0 Å². The number of nitrogens with one attached hydrogen (secondary N) is 1. The van der Waals surface area contributed by atoms with Crippen molar-refractivity contribution in [1.82, 2.24) is 9.62 Å². The van der Waals surface area contributed by atoms with Gasteiger partial charge in [-0.3, -0.25) is 4.79 Å². The molecule has 148 valence electrons. The van der Waals surface area contributed by atoms with Crippen LogP contribution in [-0.2, 0) is 27.8 Å². The maximum Gasteiger partial charge on any atom is 0.240 e. The van der Waals surface area contributed by atoms with Crippen molar-refractivity contribution < 1.29 is 13.2 Å². The normalized spacial score (nSPS) is 11.0. The Kier molecular flexibility index (Phi) is 7.73. The van der Waals surface area contributed by atoms with Gasteiger partial charge in [-0.25, -0.2) is 13.1 Å². The Morgan fingerprint density at radius 1 is 1.07 bits per heavy atom. The number of hydrogen-bond donors (Lipinski definition) is 1. The van der Waals surface area contributed by atoms with E-state index in [2.05, 4.69) is 10.8 Å². The lowest BCUT2D eigenvalue weighted by Crippen LogP contribution is -2.31. The fourth-order valence-corrected chi connectivity index (χ4v) is 3.56. The molecule has 7 heteroatoms. The third kappa shape index (κ3) is 5.91. The van der Waals surface area contributed by atoms with Crippen molar-refractivity contribution in [2.75, 3.05) is 13.6 Å². The highest BCUT2D eigenvalue weighted by Gasteiger charge is 2.14. The van der Waals surface area contributed by atoms with Crippen LogP contribution in [-0.4, -0.2) is 32.8 Å². The molecular formula is C21H25N3O3S. The summed E-state index contributed by atoms with van der Waals surface area (Å²) in [5, 5.41) is 8.89. The monoisotopic (exact) mass is 399 g/mol. The van der Waals surface area contributed by atoms with Gasteiger partial charge in [-0.15, -0.1) is 0 Å². The zero-order chi connectivity index (χ0) is 20.6. The molecule has 0 bridgehead atoms. The molecule has 0 saturated heterocycles. The van der Waals surface area contributed by atoms with Crippen LogP contribution in [0.2, 0.25) is 0 Å². The second-order valence-corrected chi connectivity index (χ2v) is 8.36. The SMILES string of the molecule is CCCN(Cc1ccc(C#N)cc1)C(=O)CCc1ccc(S(=O)(=O)NC)cc1. The van der Waals surface area contributed by atoms with E-state index in [-0.39, 0.29) is 10.8 Å². The van der Waals surface area contributed by atoms with Crippen LogP contribution < -0.4 is 4.72 Å². The fraction of sp³-hybridized carbons (Fsp3) is 0.333. The van der Waals surface area contributed by atoms with Crippen molar-refractivity contribution in [2.24, 2.45) is 0 Å². The van der Waals surface area contributed by atoms with Crippen LogP contribution >= 0.6 is 0 Å². The van der Waals surface area contributed by atoms with Crippen molar-refractivity contribution in [3.63, 3.8) is 0 Å². The van der Waals surface area contributed by atoms with Crippen LogP contribution in [0.5, 0.6) is 0 Å². The molecule has 2 rings (SSSR count). The number of rotatable bonds is 9. The average Bonchev–Trinajstić information content (AvgIpc) is 2.72. The molecule has 0 radical (unpaired) electrons. The first-order valence-electron chi connectivity index (χ1n) is 9.19. The number of aryl methyl sites for hydroxylation is 1. The van der Waals surface area contributed by atoms with E-state index in [1.54, 1.807) is 36.4 Å². The molecule has 0 atom stereocenters. The highest BCUT2D eigenvalue weighted by Crippen LogP contribution is 2.14. The summed E-state index contributed by atoms with van der Waals surface area (Å²) in [4.78, 5) is 14.7. The first-order valence-corrected chi connectivity index (χ1v) is 10.7. The molecule has 0 fully saturated rings. The third-order valence-corrected chi connectivity index (χ3v) is 5.86. The van der Waals surface area contributed by atoms with E-state index in [0.717, 1.165) is 17.5 Å². The van der Waals surface area contributed by atoms with Gasteiger partial charge >= 0.3 is 0 Å². The van der Waals surface area contributed by atoms with E-state index >= 15 is 0 Å². The zero-order valence-electron chi connectivity index (χ0n) is 16.2. The molecule has 0 aromatic heterocycles. The van der Waals surface area contributed by atoms with Gasteiger partial charge in [0, 0.05) is 19.5 Å². The number of carbonyl (C=O) groups is 1. The van der Waals surface area contributed by atoms with Crippen molar-refractivity contribution in [3.8, 4) is 6.07 Å². The average molecular weight is 400 g/mol. The lowest BCUT2D eigenvalue weighted by atomic mass is 10.1. The second-order valence-electron chi connectivity index (χ2n) is 6.48. The first kappa shape index (κ1) is 21.6. The second kappa shape index (κ2) is 10.0. The Hall–Kier alpha value is -2.69. The van der Waals surface area contributed by atoms with Gasteiger partial charge in [-0.1, -0.05) is 31.2 Å². The Bertz CT molecular complexity index is 930. The number of nitriles is 1. The number of benzene rings is 2. The lowest BCUT2D eigenvalue weighted by Gasteiger charge is -2.22. The molecule has 0 aliphatic heterocycles. The minimum Gasteiger partial charge on any atom is -0.338 e. The highest BCUT2D eigenvalue weighted by molar-refractivity contribution is 7.89. The van der Waals surface area contributed by atoms with Crippen LogP contribution in [0.15, 0.2) is 53.4 Å². The molecule has 0 aliphatic carbocycles. The summed E-state index contributed by atoms with van der Waals surface area (Å²) in [5.74, 6) is 0.0538. The molecule has 1 N–H and O–H groups in total. The van der Waals surface area contributed by atoms with Gasteiger partial charge in [-0.2, -0.15) is 5.26 Å². The Labute approximate surface area is 166 Å². The number of carbonyl (C=O) groups excluding carboxylic acids is 1. The molecule has 1 amide bonds. The van der Waals surface area contributed by atoms with Crippen molar-refractivity contribution >= 4 is 15.9 Å². The van der Waals surface area contributed by atoms with E-state index in [1.807, 2.05) is 24.0 Å². The molecule has 6 nitrogen and oxygen atoms in total. The van der Waals surface area contributed by atoms with Gasteiger partial charge < -0.3 is 4.90 Å². The Morgan fingerprint density at radius 2 is 1.68 bits per heavy atom. The molecule has 2 aromatic carbocycles. The van der Waals surface area contributed by atoms with Crippen molar-refractivity contribution in [1.29, 1.82) is 5.26 Å². The standard InChI is InChI=1S/C21H25N3O3S/c1-3-14-24(16-19-6-4-18(15-22)5-7-19)21(25)13-10-17-8-11-20(12-9-17)28(26,27)23-2/h4-9,11-12,23H,3,10,13-14,16H2,1-2H3. The molecule has 0 aliphatic rings. The molecule has 0 spiro atoms. The number of hydrogen-bond acceptors (Lipinski definition) is 4. The topological polar surface area (TPSA) is 90.3 Å². The van der Waals surface area contributed by atoms with E-state index in [9.17, 15) is 13.2 Å². The van der Waals surface area contributed by atoms with E-state index in [0.29, 0.717) is 31.5 Å². The molecular weight excluding hydrogens is 374 g/mol. The van der Waals surface area contributed by atoms with Crippen LogP contribution in [0, 0.1) is 11.3 Å². The largest absolute Gasteiger partial charge is 0.338 e. The van der Waals surface area contributed by atoms with E-state index in [4.69, 9.17) is 5.26 Å². The first-order chi connectivity index (χ1) is 13.4. The molecule has 0 heterocycles. The zero-order valence-corrected chi connectivity index (χ0v) is 17.0. The maximum atomic E-state index is 12.7. The van der Waals surface area contributed by atoms with Crippen LogP contribution in [0.1, 0.15) is 36.5 Å². The number of sulfonamides is 1. The summed E-state index contributed by atoms with van der Waals surface area (Å²) in [6.07, 6.45) is 1.76. The van der Waals surface area contributed by atoms with Crippen molar-refractivity contribution in [2.45, 2.75) is 37.6 Å². The van der Waals surface area contributed by atoms with Gasteiger partial charge in [-0.05, 0) is 55.3 Å². The number of amides is 1. The van der Waals surface area contributed by atoms with Crippen LogP contribution in [0.3, 0.4) is 0 Å². The van der Waals surface area contributed by atoms with Gasteiger partial charge in [0.05, 0.1) is 16.5 Å². The van der Waals surface area contributed by atoms with Gasteiger partial charge in [0.1, 0.15) is 0 Å². The smallest absolute Gasteiger partial charge is 0.240 e. The predicted octanol–water partition coefficient (Wildman–Crippen LogP) is 2.84. The predicted molar refractivity (Wildman–Crippen MR) is 108 cm³/mol. The van der Waals surface area contributed by atoms with Crippen LogP contribution in [0.25, 0.3) is 0 Å². The Morgan fingerprint density at radius 3 is 2.21 bits per heavy atom. The minimum atomic E-state index is -3.45.